The van der Waals surface area contributed by atoms with Crippen molar-refractivity contribution in [2.75, 3.05) is 20.3 Å². The average molecular weight is 279 g/mol. The van der Waals surface area contributed by atoms with Gasteiger partial charge in [0.1, 0.15) is 4.21 Å². The van der Waals surface area contributed by atoms with Gasteiger partial charge in [0.25, 0.3) is 0 Å². The van der Waals surface area contributed by atoms with Crippen LogP contribution in [-0.2, 0) is 21.4 Å². The summed E-state index contributed by atoms with van der Waals surface area (Å²) in [6.45, 7) is 2.52. The fraction of sp³-hybridized carbons (Fsp3) is 0.600. The quantitative estimate of drug-likeness (QED) is 0.726. The highest BCUT2D eigenvalue weighted by molar-refractivity contribution is 7.91. The van der Waals surface area contributed by atoms with Gasteiger partial charge in [-0.15, -0.1) is 11.3 Å². The van der Waals surface area contributed by atoms with E-state index in [1.807, 2.05) is 0 Å². The van der Waals surface area contributed by atoms with Gasteiger partial charge in [-0.2, -0.15) is 0 Å². The lowest BCUT2D eigenvalue weighted by Gasteiger charge is -2.03. The Morgan fingerprint density at radius 3 is 2.76 bits per heavy atom. The molecule has 2 N–H and O–H groups in total. The molecule has 0 saturated heterocycles. The predicted molar refractivity (Wildman–Crippen MR) is 66.7 cm³/mol. The number of rotatable bonds is 7. The zero-order valence-corrected chi connectivity index (χ0v) is 11.5. The second kappa shape index (κ2) is 6.46. The minimum atomic E-state index is -3.45. The Labute approximate surface area is 105 Å². The topological polar surface area (TPSA) is 75.6 Å². The first-order valence-electron chi connectivity index (χ1n) is 5.20. The molecule has 0 aliphatic carbocycles. The van der Waals surface area contributed by atoms with Gasteiger partial charge < -0.3 is 9.84 Å². The van der Waals surface area contributed by atoms with Gasteiger partial charge in [-0.25, -0.2) is 13.1 Å². The van der Waals surface area contributed by atoms with Crippen molar-refractivity contribution in [2.24, 2.45) is 0 Å². The van der Waals surface area contributed by atoms with E-state index in [4.69, 9.17) is 9.84 Å². The second-order valence-corrected chi connectivity index (χ2v) is 6.70. The van der Waals surface area contributed by atoms with Crippen molar-refractivity contribution in [1.29, 1.82) is 0 Å². The number of hydrogen-bond acceptors (Lipinski definition) is 5. The van der Waals surface area contributed by atoms with Gasteiger partial charge in [0.05, 0.1) is 6.61 Å². The Morgan fingerprint density at radius 2 is 2.24 bits per heavy atom. The molecular formula is C10H17NO4S2. The van der Waals surface area contributed by atoms with E-state index >= 15 is 0 Å². The number of aliphatic hydroxyl groups is 1. The zero-order chi connectivity index (χ0) is 12.9. The van der Waals surface area contributed by atoms with Gasteiger partial charge >= 0.3 is 0 Å². The molecule has 0 saturated carbocycles. The van der Waals surface area contributed by atoms with Gasteiger partial charge in [0.15, 0.2) is 0 Å². The molecule has 7 heteroatoms. The zero-order valence-electron chi connectivity index (χ0n) is 9.89. The van der Waals surface area contributed by atoms with Crippen LogP contribution >= 0.6 is 11.3 Å². The molecular weight excluding hydrogens is 262 g/mol. The lowest BCUT2D eigenvalue weighted by atomic mass is 10.3. The number of ether oxygens (including phenoxy) is 1. The molecule has 0 amide bonds. The standard InChI is InChI=1S/C10H17NO4S2/c1-8-6-10(16-9(8)7-12)17(13,14)11-4-3-5-15-2/h6,11-12H,3-5,7H2,1-2H3. The summed E-state index contributed by atoms with van der Waals surface area (Å²) in [5, 5.41) is 9.02. The minimum absolute atomic E-state index is 0.129. The molecule has 1 aromatic heterocycles. The summed E-state index contributed by atoms with van der Waals surface area (Å²) < 4.78 is 31.3. The minimum Gasteiger partial charge on any atom is -0.391 e. The van der Waals surface area contributed by atoms with Crippen LogP contribution in [0.2, 0.25) is 0 Å². The molecule has 0 radical (unpaired) electrons. The first-order chi connectivity index (χ1) is 8.01. The summed E-state index contributed by atoms with van der Waals surface area (Å²) in [6.07, 6.45) is 0.632. The first-order valence-corrected chi connectivity index (χ1v) is 7.50. The molecule has 0 atom stereocenters. The van der Waals surface area contributed by atoms with Crippen molar-refractivity contribution in [3.8, 4) is 0 Å². The highest BCUT2D eigenvalue weighted by atomic mass is 32.2. The molecule has 0 aliphatic heterocycles. The smallest absolute Gasteiger partial charge is 0.250 e. The molecule has 1 aromatic rings. The average Bonchev–Trinajstić information content (AvgIpc) is 2.67. The highest BCUT2D eigenvalue weighted by Gasteiger charge is 2.17. The summed E-state index contributed by atoms with van der Waals surface area (Å²) in [5.41, 5.74) is 0.801. The summed E-state index contributed by atoms with van der Waals surface area (Å²) in [5.74, 6) is 0. The third-order valence-corrected chi connectivity index (χ3v) is 5.38. The summed E-state index contributed by atoms with van der Waals surface area (Å²) in [4.78, 5) is 0.683. The summed E-state index contributed by atoms with van der Waals surface area (Å²) >= 11 is 1.10. The molecule has 1 heterocycles. The van der Waals surface area contributed by atoms with Crippen LogP contribution in [0.5, 0.6) is 0 Å². The van der Waals surface area contributed by atoms with Gasteiger partial charge in [-0.1, -0.05) is 0 Å². The van der Waals surface area contributed by atoms with Crippen molar-refractivity contribution in [2.45, 2.75) is 24.2 Å². The van der Waals surface area contributed by atoms with Crippen molar-refractivity contribution < 1.29 is 18.3 Å². The van der Waals surface area contributed by atoms with Crippen LogP contribution in [-0.4, -0.2) is 33.8 Å². The molecule has 1 rings (SSSR count). The monoisotopic (exact) mass is 279 g/mol. The summed E-state index contributed by atoms with van der Waals surface area (Å²) in [6, 6.07) is 1.58. The Hall–Kier alpha value is -0.470. The van der Waals surface area contributed by atoms with E-state index in [-0.39, 0.29) is 10.8 Å². The number of aliphatic hydroxyl groups excluding tert-OH is 1. The van der Waals surface area contributed by atoms with Crippen LogP contribution < -0.4 is 4.72 Å². The van der Waals surface area contributed by atoms with E-state index in [1.165, 1.54) is 0 Å². The van der Waals surface area contributed by atoms with Crippen molar-refractivity contribution >= 4 is 21.4 Å². The van der Waals surface area contributed by atoms with Crippen molar-refractivity contribution in [3.05, 3.63) is 16.5 Å². The maximum atomic E-state index is 11.9. The van der Waals surface area contributed by atoms with E-state index in [0.717, 1.165) is 16.9 Å². The first kappa shape index (κ1) is 14.6. The van der Waals surface area contributed by atoms with E-state index in [0.29, 0.717) is 24.4 Å². The van der Waals surface area contributed by atoms with E-state index in [1.54, 1.807) is 20.1 Å². The van der Waals surface area contributed by atoms with Crippen molar-refractivity contribution in [1.82, 2.24) is 4.72 Å². The van der Waals surface area contributed by atoms with Gasteiger partial charge in [-0.05, 0) is 25.0 Å². The number of thiophene rings is 1. The molecule has 17 heavy (non-hydrogen) atoms. The molecule has 0 aromatic carbocycles. The Kier molecular flexibility index (Phi) is 5.54. The van der Waals surface area contributed by atoms with Gasteiger partial charge in [0.2, 0.25) is 10.0 Å². The van der Waals surface area contributed by atoms with Crippen LogP contribution in [0.15, 0.2) is 10.3 Å². The lowest BCUT2D eigenvalue weighted by molar-refractivity contribution is 0.196. The maximum Gasteiger partial charge on any atom is 0.250 e. The van der Waals surface area contributed by atoms with Crippen LogP contribution in [0.25, 0.3) is 0 Å². The number of methoxy groups -OCH3 is 1. The van der Waals surface area contributed by atoms with E-state index < -0.39 is 10.0 Å². The SMILES string of the molecule is COCCCNS(=O)(=O)c1cc(C)c(CO)s1. The van der Waals surface area contributed by atoms with Gasteiger partial charge in [-0.3, -0.25) is 0 Å². The Morgan fingerprint density at radius 1 is 1.53 bits per heavy atom. The predicted octanol–water partition coefficient (Wildman–Crippen LogP) is 0.864. The third-order valence-electron chi connectivity index (χ3n) is 2.22. The molecule has 98 valence electrons. The Bertz CT molecular complexity index is 453. The molecule has 0 bridgehead atoms. The lowest BCUT2D eigenvalue weighted by Crippen LogP contribution is -2.24. The number of hydrogen-bond donors (Lipinski definition) is 2. The van der Waals surface area contributed by atoms with Gasteiger partial charge in [0, 0.05) is 25.1 Å². The largest absolute Gasteiger partial charge is 0.391 e. The van der Waals surface area contributed by atoms with Crippen LogP contribution in [0.4, 0.5) is 0 Å². The van der Waals surface area contributed by atoms with Crippen LogP contribution in [0.1, 0.15) is 16.9 Å². The number of aryl methyl sites for hydroxylation is 1. The molecule has 0 fully saturated rings. The second-order valence-electron chi connectivity index (χ2n) is 3.57. The third kappa shape index (κ3) is 4.04. The molecule has 0 aliphatic rings. The number of nitrogens with one attached hydrogen (secondary N) is 1. The molecule has 0 spiro atoms. The van der Waals surface area contributed by atoms with E-state index in [2.05, 4.69) is 4.72 Å². The summed E-state index contributed by atoms with van der Waals surface area (Å²) in [7, 11) is -1.88. The molecule has 0 unspecified atom stereocenters. The fourth-order valence-electron chi connectivity index (χ4n) is 1.27. The highest BCUT2D eigenvalue weighted by Crippen LogP contribution is 2.25. The number of sulfonamides is 1. The van der Waals surface area contributed by atoms with E-state index in [9.17, 15) is 8.42 Å². The van der Waals surface area contributed by atoms with Crippen LogP contribution in [0, 0.1) is 6.92 Å². The van der Waals surface area contributed by atoms with Crippen molar-refractivity contribution in [3.63, 3.8) is 0 Å². The fourth-order valence-corrected chi connectivity index (χ4v) is 3.84. The Balaban J connectivity index is 2.69. The normalized spacial score (nSPS) is 11.9. The maximum absolute atomic E-state index is 11.9. The van der Waals surface area contributed by atoms with Crippen LogP contribution in [0.3, 0.4) is 0 Å². The molecule has 5 nitrogen and oxygen atoms in total.